The third kappa shape index (κ3) is 2.00. The van der Waals surface area contributed by atoms with Crippen LogP contribution in [0.25, 0.3) is 0 Å². The van der Waals surface area contributed by atoms with Crippen LogP contribution in [0.15, 0.2) is 0 Å². The maximum atomic E-state index is 12.2. The summed E-state index contributed by atoms with van der Waals surface area (Å²) in [5, 5.41) is 0. The lowest BCUT2D eigenvalue weighted by Crippen LogP contribution is -2.47. The zero-order valence-corrected chi connectivity index (χ0v) is 10.3. The Hall–Kier alpha value is -0.130. The number of hydrogen-bond acceptors (Lipinski definition) is 3. The van der Waals surface area contributed by atoms with Crippen LogP contribution in [0.3, 0.4) is 0 Å². The van der Waals surface area contributed by atoms with Crippen molar-refractivity contribution in [2.45, 2.75) is 44.3 Å². The molecule has 92 valence electrons. The first-order valence-corrected chi connectivity index (χ1v) is 7.88. The molecule has 1 saturated carbocycles. The van der Waals surface area contributed by atoms with Gasteiger partial charge < -0.3 is 4.74 Å². The molecule has 0 radical (unpaired) electrons. The molecule has 2 saturated heterocycles. The van der Waals surface area contributed by atoms with E-state index in [1.54, 1.807) is 4.31 Å². The van der Waals surface area contributed by atoms with E-state index in [2.05, 4.69) is 0 Å². The number of morpholine rings is 1. The molecule has 3 fully saturated rings. The van der Waals surface area contributed by atoms with Crippen LogP contribution in [-0.2, 0) is 14.8 Å². The van der Waals surface area contributed by atoms with E-state index >= 15 is 0 Å². The standard InChI is InChI=1S/C11H19NO3S/c13-16(14,8-9-2-1-3-9)12-6-10-4-5-11(7-12)15-10/h9-11H,1-8H2. The van der Waals surface area contributed by atoms with Gasteiger partial charge in [-0.2, -0.15) is 4.31 Å². The van der Waals surface area contributed by atoms with Gasteiger partial charge in [0.1, 0.15) is 0 Å². The fourth-order valence-corrected chi connectivity index (χ4v) is 4.79. The number of hydrogen-bond donors (Lipinski definition) is 0. The molecule has 2 heterocycles. The Morgan fingerprint density at radius 1 is 1.06 bits per heavy atom. The van der Waals surface area contributed by atoms with Gasteiger partial charge in [0.05, 0.1) is 18.0 Å². The number of nitrogens with zero attached hydrogens (tertiary/aromatic N) is 1. The summed E-state index contributed by atoms with van der Waals surface area (Å²) in [6, 6.07) is 0. The SMILES string of the molecule is O=S(=O)(CC1CCC1)N1CC2CCC(C1)O2. The Labute approximate surface area is 97.0 Å². The highest BCUT2D eigenvalue weighted by Gasteiger charge is 2.39. The topological polar surface area (TPSA) is 46.6 Å². The van der Waals surface area contributed by atoms with Gasteiger partial charge >= 0.3 is 0 Å². The van der Waals surface area contributed by atoms with E-state index in [9.17, 15) is 8.42 Å². The first-order valence-electron chi connectivity index (χ1n) is 6.27. The van der Waals surface area contributed by atoms with Crippen LogP contribution < -0.4 is 0 Å². The van der Waals surface area contributed by atoms with Crippen LogP contribution in [0.1, 0.15) is 32.1 Å². The van der Waals surface area contributed by atoms with Crippen LogP contribution in [-0.4, -0.2) is 43.8 Å². The van der Waals surface area contributed by atoms with Crippen molar-refractivity contribution < 1.29 is 13.2 Å². The molecule has 0 spiro atoms. The normalized spacial score (nSPS) is 36.2. The second-order valence-electron chi connectivity index (χ2n) is 5.35. The summed E-state index contributed by atoms with van der Waals surface area (Å²) in [4.78, 5) is 0. The number of ether oxygens (including phenoxy) is 1. The van der Waals surface area contributed by atoms with E-state index in [0.717, 1.165) is 25.7 Å². The van der Waals surface area contributed by atoms with Crippen molar-refractivity contribution in [2.75, 3.05) is 18.8 Å². The van der Waals surface area contributed by atoms with Gasteiger partial charge in [0.25, 0.3) is 0 Å². The van der Waals surface area contributed by atoms with Crippen molar-refractivity contribution in [3.8, 4) is 0 Å². The molecule has 5 heteroatoms. The monoisotopic (exact) mass is 245 g/mol. The Bertz CT molecular complexity index is 351. The number of rotatable bonds is 3. The van der Waals surface area contributed by atoms with E-state index in [-0.39, 0.29) is 12.2 Å². The second kappa shape index (κ2) is 3.96. The molecule has 1 aliphatic carbocycles. The van der Waals surface area contributed by atoms with Gasteiger partial charge in [0.15, 0.2) is 0 Å². The van der Waals surface area contributed by atoms with E-state index in [0.29, 0.717) is 24.8 Å². The summed E-state index contributed by atoms with van der Waals surface area (Å²) in [5.41, 5.74) is 0. The molecule has 0 amide bonds. The summed E-state index contributed by atoms with van der Waals surface area (Å²) in [6.45, 7) is 1.18. The number of sulfonamides is 1. The van der Waals surface area contributed by atoms with Crippen molar-refractivity contribution >= 4 is 10.0 Å². The molecule has 0 aromatic carbocycles. The van der Waals surface area contributed by atoms with Crippen molar-refractivity contribution in [3.05, 3.63) is 0 Å². The van der Waals surface area contributed by atoms with E-state index in [1.807, 2.05) is 0 Å². The maximum absolute atomic E-state index is 12.2. The van der Waals surface area contributed by atoms with Crippen molar-refractivity contribution in [1.82, 2.24) is 4.31 Å². The molecule has 0 aromatic heterocycles. The molecule has 2 unspecified atom stereocenters. The Kier molecular flexibility index (Phi) is 2.72. The van der Waals surface area contributed by atoms with E-state index in [4.69, 9.17) is 4.74 Å². The zero-order chi connectivity index (χ0) is 11.2. The van der Waals surface area contributed by atoms with E-state index < -0.39 is 10.0 Å². The molecule has 2 atom stereocenters. The molecule has 0 N–H and O–H groups in total. The zero-order valence-electron chi connectivity index (χ0n) is 9.47. The van der Waals surface area contributed by atoms with Crippen LogP contribution in [0.2, 0.25) is 0 Å². The highest BCUT2D eigenvalue weighted by atomic mass is 32.2. The Morgan fingerprint density at radius 2 is 1.69 bits per heavy atom. The highest BCUT2D eigenvalue weighted by Crippen LogP contribution is 2.31. The third-order valence-electron chi connectivity index (χ3n) is 4.07. The van der Waals surface area contributed by atoms with Gasteiger partial charge in [-0.1, -0.05) is 6.42 Å². The summed E-state index contributed by atoms with van der Waals surface area (Å²) < 4.78 is 31.7. The molecule has 0 aromatic rings. The van der Waals surface area contributed by atoms with Crippen LogP contribution in [0.5, 0.6) is 0 Å². The molecule has 3 rings (SSSR count). The third-order valence-corrected chi connectivity index (χ3v) is 6.05. The molecule has 2 aliphatic heterocycles. The minimum atomic E-state index is -3.02. The smallest absolute Gasteiger partial charge is 0.214 e. The van der Waals surface area contributed by atoms with Gasteiger partial charge in [-0.25, -0.2) is 8.42 Å². The average Bonchev–Trinajstić information content (AvgIpc) is 2.52. The molecule has 3 aliphatic rings. The van der Waals surface area contributed by atoms with Crippen LogP contribution in [0, 0.1) is 5.92 Å². The van der Waals surface area contributed by atoms with Gasteiger partial charge in [0.2, 0.25) is 10.0 Å². The molecular weight excluding hydrogens is 226 g/mol. The number of fused-ring (bicyclic) bond motifs is 2. The van der Waals surface area contributed by atoms with Crippen LogP contribution >= 0.6 is 0 Å². The largest absolute Gasteiger partial charge is 0.372 e. The second-order valence-corrected chi connectivity index (χ2v) is 7.36. The summed E-state index contributed by atoms with van der Waals surface area (Å²) in [6.07, 6.45) is 5.77. The summed E-state index contributed by atoms with van der Waals surface area (Å²) in [7, 11) is -3.02. The molecule has 16 heavy (non-hydrogen) atoms. The van der Waals surface area contributed by atoms with Gasteiger partial charge in [-0.3, -0.25) is 0 Å². The summed E-state index contributed by atoms with van der Waals surface area (Å²) in [5.74, 6) is 0.789. The van der Waals surface area contributed by atoms with Crippen molar-refractivity contribution in [3.63, 3.8) is 0 Å². The van der Waals surface area contributed by atoms with Gasteiger partial charge in [-0.05, 0) is 31.6 Å². The minimum Gasteiger partial charge on any atom is -0.372 e. The van der Waals surface area contributed by atoms with Crippen LogP contribution in [0.4, 0.5) is 0 Å². The predicted octanol–water partition coefficient (Wildman–Crippen LogP) is 0.980. The fraction of sp³-hybridized carbons (Fsp3) is 1.00. The Balaban J connectivity index is 1.66. The van der Waals surface area contributed by atoms with Gasteiger partial charge in [-0.15, -0.1) is 0 Å². The first kappa shape index (κ1) is 11.0. The minimum absolute atomic E-state index is 0.162. The molecule has 4 nitrogen and oxygen atoms in total. The fourth-order valence-electron chi connectivity index (χ4n) is 2.87. The molecular formula is C11H19NO3S. The van der Waals surface area contributed by atoms with Crippen molar-refractivity contribution in [2.24, 2.45) is 5.92 Å². The first-order chi connectivity index (χ1) is 7.63. The Morgan fingerprint density at radius 3 is 2.19 bits per heavy atom. The average molecular weight is 245 g/mol. The molecule has 2 bridgehead atoms. The highest BCUT2D eigenvalue weighted by molar-refractivity contribution is 7.89. The lowest BCUT2D eigenvalue weighted by Gasteiger charge is -2.34. The maximum Gasteiger partial charge on any atom is 0.214 e. The predicted molar refractivity (Wildman–Crippen MR) is 60.6 cm³/mol. The lowest BCUT2D eigenvalue weighted by atomic mass is 9.87. The summed E-state index contributed by atoms with van der Waals surface area (Å²) >= 11 is 0. The van der Waals surface area contributed by atoms with Gasteiger partial charge in [0, 0.05) is 13.1 Å². The lowest BCUT2D eigenvalue weighted by molar-refractivity contribution is -0.0116. The van der Waals surface area contributed by atoms with Crippen molar-refractivity contribution in [1.29, 1.82) is 0 Å². The van der Waals surface area contributed by atoms with E-state index in [1.165, 1.54) is 6.42 Å². The quantitative estimate of drug-likeness (QED) is 0.744.